The summed E-state index contributed by atoms with van der Waals surface area (Å²) in [6.45, 7) is 7.42. The molecule has 1 aromatic carbocycles. The lowest BCUT2D eigenvalue weighted by Crippen LogP contribution is -2.27. The number of aryl methyl sites for hydroxylation is 1. The summed E-state index contributed by atoms with van der Waals surface area (Å²) in [6, 6.07) is 10.8. The average molecular weight is 453 g/mol. The number of halogens is 3. The Morgan fingerprint density at radius 2 is 1.73 bits per heavy atom. The van der Waals surface area contributed by atoms with E-state index in [1.165, 1.54) is 4.52 Å². The lowest BCUT2D eigenvalue weighted by atomic mass is 9.95. The van der Waals surface area contributed by atoms with E-state index < -0.39 is 17.2 Å². The van der Waals surface area contributed by atoms with Crippen molar-refractivity contribution in [3.8, 4) is 22.6 Å². The monoisotopic (exact) mass is 453 g/mol. The van der Waals surface area contributed by atoms with Crippen molar-refractivity contribution in [2.75, 3.05) is 5.32 Å². The van der Waals surface area contributed by atoms with Crippen LogP contribution in [-0.2, 0) is 11.0 Å². The SMILES string of the molecule is Cc1ccc(-c2cn3nc(-c4cc(C(F)(F)F)ccn4)ccc3n2)cc1NC(=O)C(C)(C)C. The minimum atomic E-state index is -4.46. The van der Waals surface area contributed by atoms with E-state index in [9.17, 15) is 18.0 Å². The number of alkyl halides is 3. The van der Waals surface area contributed by atoms with Gasteiger partial charge >= 0.3 is 6.18 Å². The molecule has 1 amide bonds. The van der Waals surface area contributed by atoms with E-state index in [1.54, 1.807) is 18.3 Å². The second-order valence-electron chi connectivity index (χ2n) is 8.81. The number of anilines is 1. The molecule has 6 nitrogen and oxygen atoms in total. The van der Waals surface area contributed by atoms with Gasteiger partial charge in [-0.15, -0.1) is 0 Å². The van der Waals surface area contributed by atoms with Crippen molar-refractivity contribution < 1.29 is 18.0 Å². The zero-order valence-corrected chi connectivity index (χ0v) is 18.5. The van der Waals surface area contributed by atoms with Crippen LogP contribution in [0.15, 0.2) is 54.9 Å². The zero-order chi connectivity index (χ0) is 24.0. The molecule has 0 unspecified atom stereocenters. The third-order valence-electron chi connectivity index (χ3n) is 5.13. The van der Waals surface area contributed by atoms with Crippen LogP contribution in [0.2, 0.25) is 0 Å². The summed E-state index contributed by atoms with van der Waals surface area (Å²) < 4.78 is 40.6. The van der Waals surface area contributed by atoms with Crippen molar-refractivity contribution in [2.45, 2.75) is 33.9 Å². The number of nitrogens with one attached hydrogen (secondary N) is 1. The number of carbonyl (C=O) groups is 1. The summed E-state index contributed by atoms with van der Waals surface area (Å²) in [6.07, 6.45) is -1.66. The Kier molecular flexibility index (Phi) is 5.43. The van der Waals surface area contributed by atoms with Crippen molar-refractivity contribution in [3.63, 3.8) is 0 Å². The highest BCUT2D eigenvalue weighted by Crippen LogP contribution is 2.31. The van der Waals surface area contributed by atoms with Crippen molar-refractivity contribution in [1.29, 1.82) is 0 Å². The quantitative estimate of drug-likeness (QED) is 0.427. The first-order valence-corrected chi connectivity index (χ1v) is 10.2. The predicted octanol–water partition coefficient (Wildman–Crippen LogP) is 5.77. The van der Waals surface area contributed by atoms with Crippen LogP contribution in [0, 0.1) is 12.3 Å². The molecule has 1 N–H and O–H groups in total. The molecule has 0 bridgehead atoms. The van der Waals surface area contributed by atoms with Gasteiger partial charge in [0.1, 0.15) is 5.69 Å². The summed E-state index contributed by atoms with van der Waals surface area (Å²) in [5.74, 6) is -0.0994. The highest BCUT2D eigenvalue weighted by Gasteiger charge is 2.31. The Bertz CT molecular complexity index is 1350. The number of pyridine rings is 1. The molecule has 0 aliphatic rings. The van der Waals surface area contributed by atoms with E-state index in [0.29, 0.717) is 22.7 Å². The van der Waals surface area contributed by atoms with Crippen LogP contribution in [0.3, 0.4) is 0 Å². The summed E-state index contributed by atoms with van der Waals surface area (Å²) in [7, 11) is 0. The third-order valence-corrected chi connectivity index (χ3v) is 5.13. The number of hydrogen-bond acceptors (Lipinski definition) is 4. The van der Waals surface area contributed by atoms with Crippen molar-refractivity contribution >= 4 is 17.2 Å². The summed E-state index contributed by atoms with van der Waals surface area (Å²) in [5.41, 5.74) is 2.60. The minimum absolute atomic E-state index is 0.0994. The van der Waals surface area contributed by atoms with Gasteiger partial charge in [-0.1, -0.05) is 32.9 Å². The van der Waals surface area contributed by atoms with E-state index in [-0.39, 0.29) is 11.6 Å². The van der Waals surface area contributed by atoms with Crippen LogP contribution < -0.4 is 5.32 Å². The average Bonchev–Trinajstić information content (AvgIpc) is 3.17. The Hall–Kier alpha value is -3.75. The van der Waals surface area contributed by atoms with Crippen LogP contribution >= 0.6 is 0 Å². The van der Waals surface area contributed by atoms with Gasteiger partial charge in [-0.3, -0.25) is 9.78 Å². The summed E-state index contributed by atoms with van der Waals surface area (Å²) in [5, 5.41) is 7.34. The molecule has 3 aromatic heterocycles. The highest BCUT2D eigenvalue weighted by atomic mass is 19.4. The Labute approximate surface area is 188 Å². The molecule has 0 atom stereocenters. The molecule has 0 aliphatic carbocycles. The molecule has 0 fully saturated rings. The minimum Gasteiger partial charge on any atom is -0.325 e. The van der Waals surface area contributed by atoms with Gasteiger partial charge in [0.25, 0.3) is 0 Å². The molecule has 0 aliphatic heterocycles. The van der Waals surface area contributed by atoms with Crippen LogP contribution in [0.1, 0.15) is 31.9 Å². The lowest BCUT2D eigenvalue weighted by molar-refractivity contribution is -0.137. The number of benzene rings is 1. The number of imidazole rings is 1. The summed E-state index contributed by atoms with van der Waals surface area (Å²) >= 11 is 0. The molecule has 33 heavy (non-hydrogen) atoms. The number of carbonyl (C=O) groups excluding carboxylic acids is 1. The van der Waals surface area contributed by atoms with E-state index >= 15 is 0 Å². The number of fused-ring (bicyclic) bond motifs is 1. The smallest absolute Gasteiger partial charge is 0.325 e. The van der Waals surface area contributed by atoms with E-state index in [1.807, 2.05) is 45.9 Å². The maximum Gasteiger partial charge on any atom is 0.416 e. The van der Waals surface area contributed by atoms with Gasteiger partial charge in [0.2, 0.25) is 5.91 Å². The maximum atomic E-state index is 13.0. The van der Waals surface area contributed by atoms with Crippen LogP contribution in [-0.4, -0.2) is 25.5 Å². The van der Waals surface area contributed by atoms with Crippen molar-refractivity contribution in [3.05, 3.63) is 66.0 Å². The van der Waals surface area contributed by atoms with Crippen molar-refractivity contribution in [1.82, 2.24) is 19.6 Å². The van der Waals surface area contributed by atoms with Gasteiger partial charge in [-0.05, 0) is 42.8 Å². The van der Waals surface area contributed by atoms with Gasteiger partial charge < -0.3 is 5.32 Å². The molecule has 0 saturated carbocycles. The molecular weight excluding hydrogens is 431 g/mol. The molecule has 4 aromatic rings. The molecule has 0 radical (unpaired) electrons. The fourth-order valence-electron chi connectivity index (χ4n) is 3.13. The second kappa shape index (κ2) is 7.99. The van der Waals surface area contributed by atoms with Gasteiger partial charge in [-0.2, -0.15) is 18.3 Å². The fourth-order valence-corrected chi connectivity index (χ4v) is 3.13. The lowest BCUT2D eigenvalue weighted by Gasteiger charge is -2.19. The third kappa shape index (κ3) is 4.72. The van der Waals surface area contributed by atoms with Gasteiger partial charge in [0, 0.05) is 22.9 Å². The van der Waals surface area contributed by atoms with Gasteiger partial charge in [0.05, 0.1) is 23.1 Å². The first-order chi connectivity index (χ1) is 15.4. The first-order valence-electron chi connectivity index (χ1n) is 10.2. The molecule has 170 valence electrons. The Morgan fingerprint density at radius 3 is 2.42 bits per heavy atom. The Morgan fingerprint density at radius 1 is 0.970 bits per heavy atom. The highest BCUT2D eigenvalue weighted by molar-refractivity contribution is 5.95. The standard InChI is InChI=1S/C24H22F3N5O/c1-14-5-6-15(11-18(14)30-22(33)23(2,3)4)20-13-32-21(29-20)8-7-17(31-32)19-12-16(9-10-28-19)24(25,26)27/h5-13H,1-4H3,(H,30,33). The number of hydrogen-bond donors (Lipinski definition) is 1. The maximum absolute atomic E-state index is 13.0. The normalized spacial score (nSPS) is 12.2. The fraction of sp³-hybridized carbons (Fsp3) is 0.250. The van der Waals surface area contributed by atoms with E-state index in [0.717, 1.165) is 29.5 Å². The largest absolute Gasteiger partial charge is 0.416 e. The molecule has 9 heteroatoms. The number of nitrogens with zero attached hydrogens (tertiary/aromatic N) is 4. The molecule has 4 rings (SSSR count). The molecule has 0 saturated heterocycles. The number of amides is 1. The molecular formula is C24H22F3N5O. The van der Waals surface area contributed by atoms with E-state index in [2.05, 4.69) is 20.4 Å². The zero-order valence-electron chi connectivity index (χ0n) is 18.5. The van der Waals surface area contributed by atoms with Crippen molar-refractivity contribution in [2.24, 2.45) is 5.41 Å². The topological polar surface area (TPSA) is 72.2 Å². The second-order valence-corrected chi connectivity index (χ2v) is 8.81. The first kappa shape index (κ1) is 22.4. The summed E-state index contributed by atoms with van der Waals surface area (Å²) in [4.78, 5) is 21.0. The van der Waals surface area contributed by atoms with Crippen LogP contribution in [0.4, 0.5) is 18.9 Å². The predicted molar refractivity (Wildman–Crippen MR) is 119 cm³/mol. The number of rotatable bonds is 3. The van der Waals surface area contributed by atoms with Crippen LogP contribution in [0.5, 0.6) is 0 Å². The molecule has 0 spiro atoms. The van der Waals surface area contributed by atoms with Crippen LogP contribution in [0.25, 0.3) is 28.3 Å². The Balaban J connectivity index is 1.69. The molecule has 3 heterocycles. The van der Waals surface area contributed by atoms with Gasteiger partial charge in [-0.25, -0.2) is 9.50 Å². The number of aromatic nitrogens is 4. The van der Waals surface area contributed by atoms with Gasteiger partial charge in [0.15, 0.2) is 5.65 Å². The van der Waals surface area contributed by atoms with E-state index in [4.69, 9.17) is 0 Å².